The molecule has 5 N–H and O–H groups in total. The maximum absolute atomic E-state index is 13.4. The third kappa shape index (κ3) is 3.07. The van der Waals surface area contributed by atoms with Gasteiger partial charge in [0.2, 0.25) is 5.96 Å². The lowest BCUT2D eigenvalue weighted by Crippen LogP contribution is -2.46. The molecule has 5 rings (SSSR count). The van der Waals surface area contributed by atoms with E-state index in [9.17, 15) is 4.39 Å². The van der Waals surface area contributed by atoms with Crippen molar-refractivity contribution < 1.29 is 4.39 Å². The van der Waals surface area contributed by atoms with E-state index in [2.05, 4.69) is 27.4 Å². The maximum Gasteiger partial charge on any atom is 0.200 e. The number of hydrogen-bond donors (Lipinski definition) is 4. The van der Waals surface area contributed by atoms with Gasteiger partial charge in [-0.2, -0.15) is 5.10 Å². The Bertz CT molecular complexity index is 1110. The molecule has 2 aliphatic rings. The smallest absolute Gasteiger partial charge is 0.200 e. The predicted molar refractivity (Wildman–Crippen MR) is 109 cm³/mol. The quantitative estimate of drug-likeness (QED) is 0.543. The van der Waals surface area contributed by atoms with Crippen molar-refractivity contribution in [2.75, 3.05) is 7.05 Å². The van der Waals surface area contributed by atoms with Gasteiger partial charge in [-0.1, -0.05) is 0 Å². The van der Waals surface area contributed by atoms with Gasteiger partial charge in [0, 0.05) is 31.1 Å². The molecule has 0 radical (unpaired) electrons. The van der Waals surface area contributed by atoms with Crippen LogP contribution in [-0.4, -0.2) is 44.2 Å². The first-order valence-electron chi connectivity index (χ1n) is 9.64. The minimum atomic E-state index is -1.12. The van der Waals surface area contributed by atoms with Crippen molar-refractivity contribution in [1.29, 1.82) is 0 Å². The second kappa shape index (κ2) is 6.41. The lowest BCUT2D eigenvalue weighted by molar-refractivity contribution is 0.374. The normalized spacial score (nSPS) is 26.8. The Morgan fingerprint density at radius 2 is 2.17 bits per heavy atom. The summed E-state index contributed by atoms with van der Waals surface area (Å²) >= 11 is 0. The molecule has 0 aromatic carbocycles. The third-order valence-electron chi connectivity index (χ3n) is 5.73. The number of H-pyrrole nitrogens is 2. The second-order valence-corrected chi connectivity index (χ2v) is 7.74. The first-order chi connectivity index (χ1) is 13.9. The molecule has 0 bridgehead atoms. The molecular formula is C20H23FN8. The molecule has 4 heterocycles. The Kier molecular flexibility index (Phi) is 3.95. The fourth-order valence-corrected chi connectivity index (χ4v) is 3.59. The first kappa shape index (κ1) is 17.9. The highest BCUT2D eigenvalue weighted by Gasteiger charge is 2.41. The summed E-state index contributed by atoms with van der Waals surface area (Å²) in [5.74, 6) is 0.504. The Morgan fingerprint density at radius 3 is 2.97 bits per heavy atom. The average Bonchev–Trinajstić information content (AvgIpc) is 3.15. The minimum absolute atomic E-state index is 0.0372. The Hall–Kier alpha value is -3.20. The van der Waals surface area contributed by atoms with Crippen molar-refractivity contribution in [3.05, 3.63) is 59.8 Å². The Morgan fingerprint density at radius 1 is 1.34 bits per heavy atom. The fourth-order valence-electron chi connectivity index (χ4n) is 3.59. The van der Waals surface area contributed by atoms with Crippen LogP contribution in [0.1, 0.15) is 42.4 Å². The van der Waals surface area contributed by atoms with E-state index in [1.807, 2.05) is 42.4 Å². The predicted octanol–water partition coefficient (Wildman–Crippen LogP) is 2.39. The number of pyridine rings is 1. The topological polar surface area (TPSA) is 111 Å². The van der Waals surface area contributed by atoms with Crippen molar-refractivity contribution >= 4 is 17.0 Å². The number of fused-ring (bicyclic) bond motifs is 1. The van der Waals surface area contributed by atoms with Crippen LogP contribution in [0.3, 0.4) is 0 Å². The van der Waals surface area contributed by atoms with E-state index >= 15 is 0 Å². The number of rotatable bonds is 4. The summed E-state index contributed by atoms with van der Waals surface area (Å²) < 4.78 is 13.4. The molecule has 3 aromatic rings. The summed E-state index contributed by atoms with van der Waals surface area (Å²) in [7, 11) is 1.94. The van der Waals surface area contributed by atoms with Gasteiger partial charge in [-0.05, 0) is 43.7 Å². The van der Waals surface area contributed by atoms with Crippen LogP contribution in [0.4, 0.5) is 4.39 Å². The molecule has 1 saturated carbocycles. The average molecular weight is 394 g/mol. The first-order valence-corrected chi connectivity index (χ1v) is 9.64. The lowest BCUT2D eigenvalue weighted by atomic mass is 10.1. The van der Waals surface area contributed by atoms with Crippen LogP contribution in [0.5, 0.6) is 0 Å². The van der Waals surface area contributed by atoms with E-state index in [0.29, 0.717) is 18.1 Å². The van der Waals surface area contributed by atoms with Crippen molar-refractivity contribution in [2.24, 2.45) is 10.7 Å². The third-order valence-corrected chi connectivity index (χ3v) is 5.73. The van der Waals surface area contributed by atoms with Gasteiger partial charge >= 0.3 is 0 Å². The largest absolute Gasteiger partial charge is 0.360 e. The van der Waals surface area contributed by atoms with E-state index in [-0.39, 0.29) is 12.0 Å². The van der Waals surface area contributed by atoms with Gasteiger partial charge in [-0.3, -0.25) is 10.8 Å². The van der Waals surface area contributed by atoms with Crippen molar-refractivity contribution in [3.63, 3.8) is 0 Å². The standard InChI is InChI=1S/C20H23FN8/c1-11(14-3-4-15-16(25-14)5-7-23-15)29(2)19-24-8-6-20(22,26-19)18-10-17(27-28-18)12-9-13(12)21/h3-8,10-13,23H,9,22H2,1-2H3,(H,24,26)(H,27,28)/t11-,12+,13-,20?/m0/s1. The molecule has 0 saturated heterocycles. The Balaban J connectivity index is 1.40. The molecule has 150 valence electrons. The molecule has 0 amide bonds. The molecule has 1 unspecified atom stereocenters. The van der Waals surface area contributed by atoms with E-state index in [4.69, 9.17) is 15.7 Å². The molecule has 29 heavy (non-hydrogen) atoms. The minimum Gasteiger partial charge on any atom is -0.360 e. The van der Waals surface area contributed by atoms with Crippen LogP contribution < -0.4 is 11.1 Å². The van der Waals surface area contributed by atoms with Crippen LogP contribution in [0, 0.1) is 0 Å². The second-order valence-electron chi connectivity index (χ2n) is 7.74. The van der Waals surface area contributed by atoms with E-state index < -0.39 is 11.8 Å². The monoisotopic (exact) mass is 394 g/mol. The zero-order chi connectivity index (χ0) is 20.2. The zero-order valence-electron chi connectivity index (χ0n) is 16.2. The molecule has 3 aromatic heterocycles. The van der Waals surface area contributed by atoms with Gasteiger partial charge in [0.15, 0.2) is 5.66 Å². The fraction of sp³-hybridized carbons (Fsp3) is 0.350. The van der Waals surface area contributed by atoms with Crippen molar-refractivity contribution in [3.8, 4) is 0 Å². The SMILES string of the molecule is C[C@@H](c1ccc2[nH]ccc2n1)N(C)C1=NC(N)(c2cc([C@@H]3C[C@@H]3F)[nH]n2)C=CN1. The van der Waals surface area contributed by atoms with Gasteiger partial charge in [0.05, 0.1) is 22.8 Å². The van der Waals surface area contributed by atoms with Crippen LogP contribution in [-0.2, 0) is 5.66 Å². The van der Waals surface area contributed by atoms with Crippen molar-refractivity contribution in [1.82, 2.24) is 30.4 Å². The number of nitrogens with zero attached hydrogens (tertiary/aromatic N) is 4. The maximum atomic E-state index is 13.4. The number of aromatic nitrogens is 4. The van der Waals surface area contributed by atoms with Gasteiger partial charge in [0.1, 0.15) is 11.9 Å². The van der Waals surface area contributed by atoms with Gasteiger partial charge in [-0.25, -0.2) is 14.4 Å². The van der Waals surface area contributed by atoms with Crippen molar-refractivity contribution in [2.45, 2.75) is 37.1 Å². The highest BCUT2D eigenvalue weighted by molar-refractivity contribution is 5.83. The van der Waals surface area contributed by atoms with Crippen LogP contribution in [0.25, 0.3) is 11.0 Å². The van der Waals surface area contributed by atoms with Crippen LogP contribution in [0.15, 0.2) is 47.7 Å². The molecule has 1 aliphatic heterocycles. The number of aromatic amines is 2. The van der Waals surface area contributed by atoms with E-state index in [0.717, 1.165) is 22.4 Å². The highest BCUT2D eigenvalue weighted by Crippen LogP contribution is 2.43. The van der Waals surface area contributed by atoms with Crippen LogP contribution >= 0.6 is 0 Å². The lowest BCUT2D eigenvalue weighted by Gasteiger charge is -2.32. The number of halogens is 1. The number of hydrogen-bond acceptors (Lipinski definition) is 6. The zero-order valence-corrected chi connectivity index (χ0v) is 16.2. The highest BCUT2D eigenvalue weighted by atomic mass is 19.1. The molecule has 4 atom stereocenters. The molecule has 1 fully saturated rings. The summed E-state index contributed by atoms with van der Waals surface area (Å²) in [6.07, 6.45) is 5.12. The number of alkyl halides is 1. The van der Waals surface area contributed by atoms with E-state index in [1.165, 1.54) is 0 Å². The number of aliphatic imine (C=N–C) groups is 1. The summed E-state index contributed by atoms with van der Waals surface area (Å²) in [6.45, 7) is 2.06. The Labute approximate surface area is 167 Å². The molecule has 0 spiro atoms. The summed E-state index contributed by atoms with van der Waals surface area (Å²) in [5.41, 5.74) is 9.60. The molecule has 9 heteroatoms. The van der Waals surface area contributed by atoms with Gasteiger partial charge < -0.3 is 15.2 Å². The molecule has 8 nitrogen and oxygen atoms in total. The van der Waals surface area contributed by atoms with Gasteiger partial charge in [0.25, 0.3) is 0 Å². The summed E-state index contributed by atoms with van der Waals surface area (Å²) in [6, 6.07) is 7.74. The number of nitrogens with two attached hydrogens (primary N) is 1. The molecule has 1 aliphatic carbocycles. The number of guanidine groups is 1. The summed E-state index contributed by atoms with van der Waals surface area (Å²) in [4.78, 5) is 14.6. The van der Waals surface area contributed by atoms with Gasteiger partial charge in [-0.15, -0.1) is 0 Å². The molecular weight excluding hydrogens is 371 g/mol. The number of nitrogens with one attached hydrogen (secondary N) is 3. The van der Waals surface area contributed by atoms with Crippen LogP contribution in [0.2, 0.25) is 0 Å². The summed E-state index contributed by atoms with van der Waals surface area (Å²) in [5, 5.41) is 10.4. The van der Waals surface area contributed by atoms with E-state index in [1.54, 1.807) is 12.3 Å².